The average Bonchev–Trinajstić information content (AvgIpc) is 3.02. The zero-order valence-corrected chi connectivity index (χ0v) is 11.7. The molecule has 0 unspecified atom stereocenters. The third-order valence-corrected chi connectivity index (χ3v) is 3.18. The van der Waals surface area contributed by atoms with E-state index in [1.807, 2.05) is 54.6 Å². The predicted octanol–water partition coefficient (Wildman–Crippen LogP) is 3.34. The van der Waals surface area contributed by atoms with Crippen LogP contribution in [0.15, 0.2) is 77.4 Å². The molecule has 0 radical (unpaired) electrons. The first-order valence-corrected chi connectivity index (χ1v) is 7.06. The summed E-state index contributed by atoms with van der Waals surface area (Å²) in [4.78, 5) is 0. The van der Waals surface area contributed by atoms with E-state index in [2.05, 4.69) is 17.4 Å². The average molecular weight is 280 g/mol. The molecular weight excluding hydrogens is 262 g/mol. The molecule has 0 aliphatic heterocycles. The largest absolute Gasteiger partial charge is 0.463 e. The van der Waals surface area contributed by atoms with Crippen molar-refractivity contribution < 1.29 is 14.5 Å². The zero-order chi connectivity index (χ0) is 14.3. The van der Waals surface area contributed by atoms with Crippen molar-refractivity contribution in [2.24, 2.45) is 0 Å². The topological polar surface area (TPSA) is 39.0 Å². The molecule has 3 heteroatoms. The lowest BCUT2D eigenvalue weighted by molar-refractivity contribution is -0.688. The van der Waals surface area contributed by atoms with Gasteiger partial charge in [-0.3, -0.25) is 0 Å². The fourth-order valence-corrected chi connectivity index (χ4v) is 2.17. The maximum Gasteiger partial charge on any atom is 0.157 e. The Morgan fingerprint density at radius 3 is 2.48 bits per heavy atom. The first-order chi connectivity index (χ1) is 10.4. The third-order valence-electron chi connectivity index (χ3n) is 3.18. The second-order valence-corrected chi connectivity index (χ2v) is 4.84. The quantitative estimate of drug-likeness (QED) is 0.752. The maximum absolute atomic E-state index is 5.84. The lowest BCUT2D eigenvalue weighted by atomic mass is 10.2. The Balaban J connectivity index is 1.58. The summed E-state index contributed by atoms with van der Waals surface area (Å²) in [6.45, 7) is 1.74. The number of para-hydroxylation sites is 1. The van der Waals surface area contributed by atoms with E-state index in [4.69, 9.17) is 9.15 Å². The Bertz CT molecular complexity index is 663. The van der Waals surface area contributed by atoms with Crippen LogP contribution in [0, 0.1) is 0 Å². The van der Waals surface area contributed by atoms with Crippen molar-refractivity contribution in [1.29, 1.82) is 0 Å². The highest BCUT2D eigenvalue weighted by molar-refractivity contribution is 5.33. The van der Waals surface area contributed by atoms with Gasteiger partial charge in [0.15, 0.2) is 5.76 Å². The molecule has 1 aromatic heterocycles. The SMILES string of the molecule is c1ccc(Oc2cccc(C[NH2+]Cc3ccco3)c2)cc1. The van der Waals surface area contributed by atoms with E-state index in [0.29, 0.717) is 0 Å². The minimum absolute atomic E-state index is 0.844. The van der Waals surface area contributed by atoms with Crippen LogP contribution in [0.1, 0.15) is 11.3 Å². The minimum Gasteiger partial charge on any atom is -0.463 e. The Morgan fingerprint density at radius 1 is 0.810 bits per heavy atom. The minimum atomic E-state index is 0.844. The number of quaternary nitrogens is 1. The number of hydrogen-bond donors (Lipinski definition) is 1. The summed E-state index contributed by atoms with van der Waals surface area (Å²) in [5, 5.41) is 2.21. The standard InChI is InChI=1S/C18H17NO2/c1-2-7-16(8-3-1)21-17-9-4-6-15(12-17)13-19-14-18-10-5-11-20-18/h1-12,19H,13-14H2/p+1. The van der Waals surface area contributed by atoms with Crippen molar-refractivity contribution in [1.82, 2.24) is 0 Å². The molecule has 1 heterocycles. The summed E-state index contributed by atoms with van der Waals surface area (Å²) in [5.41, 5.74) is 1.23. The highest BCUT2D eigenvalue weighted by atomic mass is 16.5. The molecule has 0 aliphatic rings. The van der Waals surface area contributed by atoms with Gasteiger partial charge in [0, 0.05) is 5.56 Å². The molecule has 0 saturated carbocycles. The molecule has 2 aromatic carbocycles. The molecule has 0 spiro atoms. The van der Waals surface area contributed by atoms with Gasteiger partial charge in [-0.1, -0.05) is 30.3 Å². The van der Waals surface area contributed by atoms with Crippen molar-refractivity contribution in [2.45, 2.75) is 13.1 Å². The fraction of sp³-hybridized carbons (Fsp3) is 0.111. The van der Waals surface area contributed by atoms with Gasteiger partial charge in [0.25, 0.3) is 0 Å². The molecule has 0 fully saturated rings. The Morgan fingerprint density at radius 2 is 1.67 bits per heavy atom. The van der Waals surface area contributed by atoms with Crippen molar-refractivity contribution in [3.8, 4) is 11.5 Å². The van der Waals surface area contributed by atoms with Crippen LogP contribution in [0.3, 0.4) is 0 Å². The van der Waals surface area contributed by atoms with Crippen molar-refractivity contribution >= 4 is 0 Å². The molecule has 0 amide bonds. The lowest BCUT2D eigenvalue weighted by Crippen LogP contribution is -2.80. The van der Waals surface area contributed by atoms with Crippen LogP contribution in [0.25, 0.3) is 0 Å². The molecule has 0 aliphatic carbocycles. The van der Waals surface area contributed by atoms with Crippen LogP contribution in [0.2, 0.25) is 0 Å². The van der Waals surface area contributed by atoms with Crippen LogP contribution >= 0.6 is 0 Å². The van der Waals surface area contributed by atoms with Crippen LogP contribution < -0.4 is 10.1 Å². The number of nitrogens with two attached hydrogens (primary N) is 1. The van der Waals surface area contributed by atoms with Gasteiger partial charge in [-0.05, 0) is 36.4 Å². The van der Waals surface area contributed by atoms with Gasteiger partial charge >= 0.3 is 0 Å². The van der Waals surface area contributed by atoms with Crippen LogP contribution in [-0.4, -0.2) is 0 Å². The van der Waals surface area contributed by atoms with Gasteiger partial charge in [-0.15, -0.1) is 0 Å². The monoisotopic (exact) mass is 280 g/mol. The summed E-state index contributed by atoms with van der Waals surface area (Å²) < 4.78 is 11.2. The third kappa shape index (κ3) is 3.97. The number of furan rings is 1. The Kier molecular flexibility index (Phi) is 4.34. The van der Waals surface area contributed by atoms with E-state index in [0.717, 1.165) is 30.3 Å². The van der Waals surface area contributed by atoms with E-state index in [9.17, 15) is 0 Å². The first-order valence-electron chi connectivity index (χ1n) is 7.06. The van der Waals surface area contributed by atoms with Crippen molar-refractivity contribution in [3.63, 3.8) is 0 Å². The molecule has 2 N–H and O–H groups in total. The van der Waals surface area contributed by atoms with E-state index < -0.39 is 0 Å². The molecule has 0 atom stereocenters. The smallest absolute Gasteiger partial charge is 0.157 e. The van der Waals surface area contributed by atoms with Gasteiger partial charge in [0.05, 0.1) is 6.26 Å². The lowest BCUT2D eigenvalue weighted by Gasteiger charge is -2.07. The Hall–Kier alpha value is -2.52. The maximum atomic E-state index is 5.84. The molecule has 21 heavy (non-hydrogen) atoms. The van der Waals surface area contributed by atoms with E-state index >= 15 is 0 Å². The summed E-state index contributed by atoms with van der Waals surface area (Å²) in [6, 6.07) is 21.9. The van der Waals surface area contributed by atoms with Gasteiger partial charge in [0.1, 0.15) is 24.6 Å². The summed E-state index contributed by atoms with van der Waals surface area (Å²) >= 11 is 0. The van der Waals surface area contributed by atoms with Gasteiger partial charge in [0.2, 0.25) is 0 Å². The molecule has 3 nitrogen and oxygen atoms in total. The molecule has 0 bridgehead atoms. The van der Waals surface area contributed by atoms with E-state index in [-0.39, 0.29) is 0 Å². The predicted molar refractivity (Wildman–Crippen MR) is 81.0 cm³/mol. The normalized spacial score (nSPS) is 10.5. The number of hydrogen-bond acceptors (Lipinski definition) is 2. The first kappa shape index (κ1) is 13.5. The van der Waals surface area contributed by atoms with Crippen LogP contribution in [0.4, 0.5) is 0 Å². The zero-order valence-electron chi connectivity index (χ0n) is 11.7. The molecule has 0 saturated heterocycles. The number of ether oxygens (including phenoxy) is 1. The molecule has 3 aromatic rings. The van der Waals surface area contributed by atoms with Crippen molar-refractivity contribution in [2.75, 3.05) is 0 Å². The highest BCUT2D eigenvalue weighted by Gasteiger charge is 2.02. The second kappa shape index (κ2) is 6.77. The highest BCUT2D eigenvalue weighted by Crippen LogP contribution is 2.21. The van der Waals surface area contributed by atoms with Gasteiger partial charge in [-0.2, -0.15) is 0 Å². The van der Waals surface area contributed by atoms with Crippen molar-refractivity contribution in [3.05, 3.63) is 84.3 Å². The molecule has 3 rings (SSSR count). The van der Waals surface area contributed by atoms with Gasteiger partial charge in [-0.25, -0.2) is 0 Å². The van der Waals surface area contributed by atoms with Gasteiger partial charge < -0.3 is 14.5 Å². The summed E-state index contributed by atoms with van der Waals surface area (Å²) in [7, 11) is 0. The van der Waals surface area contributed by atoms with Crippen LogP contribution in [0.5, 0.6) is 11.5 Å². The van der Waals surface area contributed by atoms with E-state index in [1.54, 1.807) is 6.26 Å². The summed E-state index contributed by atoms with van der Waals surface area (Å²) in [5.74, 6) is 2.71. The second-order valence-electron chi connectivity index (χ2n) is 4.84. The number of benzene rings is 2. The summed E-state index contributed by atoms with van der Waals surface area (Å²) in [6.07, 6.45) is 1.71. The molecule has 106 valence electrons. The molecular formula is C18H18NO2+. The van der Waals surface area contributed by atoms with E-state index in [1.165, 1.54) is 5.56 Å². The Labute approximate surface area is 124 Å². The van der Waals surface area contributed by atoms with Crippen LogP contribution in [-0.2, 0) is 13.1 Å². The fourth-order valence-electron chi connectivity index (χ4n) is 2.17. The number of rotatable bonds is 6.